The Bertz CT molecular complexity index is 528. The molecule has 8 heteroatoms. The number of sulfonamides is 1. The van der Waals surface area contributed by atoms with Crippen molar-refractivity contribution in [1.29, 1.82) is 0 Å². The summed E-state index contributed by atoms with van der Waals surface area (Å²) in [6, 6.07) is 2.26. The van der Waals surface area contributed by atoms with Gasteiger partial charge in [-0.25, -0.2) is 21.9 Å². The van der Waals surface area contributed by atoms with E-state index in [2.05, 4.69) is 10.0 Å². The molecule has 1 unspecified atom stereocenters. The monoisotopic (exact) mass is 326 g/mol. The molecule has 20 heavy (non-hydrogen) atoms. The molecule has 2 N–H and O–H groups in total. The van der Waals surface area contributed by atoms with E-state index in [1.54, 1.807) is 0 Å². The Hall–Kier alpha value is -0.760. The zero-order valence-corrected chi connectivity index (χ0v) is 12.4. The first-order chi connectivity index (χ1) is 8.97. The molecule has 0 aromatic heterocycles. The second-order valence-corrected chi connectivity index (χ2v) is 6.44. The Labute approximate surface area is 123 Å². The third-order valence-corrected chi connectivity index (χ3v) is 4.51. The molecule has 1 aromatic carbocycles. The van der Waals surface area contributed by atoms with E-state index >= 15 is 0 Å². The molecule has 1 fully saturated rings. The van der Waals surface area contributed by atoms with Gasteiger partial charge < -0.3 is 5.32 Å². The van der Waals surface area contributed by atoms with Crippen molar-refractivity contribution in [3.05, 3.63) is 29.8 Å². The van der Waals surface area contributed by atoms with Crippen molar-refractivity contribution in [1.82, 2.24) is 10.0 Å². The van der Waals surface area contributed by atoms with Crippen LogP contribution in [0, 0.1) is 17.6 Å². The van der Waals surface area contributed by atoms with Crippen LogP contribution in [0.25, 0.3) is 0 Å². The Balaban J connectivity index is 0.00000200. The van der Waals surface area contributed by atoms with Crippen LogP contribution < -0.4 is 10.0 Å². The van der Waals surface area contributed by atoms with Crippen molar-refractivity contribution in [2.24, 2.45) is 5.92 Å². The lowest BCUT2D eigenvalue weighted by Crippen LogP contribution is -2.38. The Morgan fingerprint density at radius 3 is 2.45 bits per heavy atom. The highest BCUT2D eigenvalue weighted by Gasteiger charge is 2.19. The molecule has 0 spiro atoms. The zero-order valence-electron chi connectivity index (χ0n) is 10.7. The molecule has 1 aromatic rings. The molecule has 114 valence electrons. The predicted molar refractivity (Wildman–Crippen MR) is 74.4 cm³/mol. The average molecular weight is 327 g/mol. The number of hydrogen-bond acceptors (Lipinski definition) is 3. The topological polar surface area (TPSA) is 58.2 Å². The van der Waals surface area contributed by atoms with Crippen LogP contribution in [0.3, 0.4) is 0 Å². The van der Waals surface area contributed by atoms with Gasteiger partial charge in [0.05, 0.1) is 4.90 Å². The number of rotatable bonds is 4. The SMILES string of the molecule is Cl.O=S(=O)(NCC1CCCNC1)c1cc(F)cc(F)c1. The molecule has 0 bridgehead atoms. The second kappa shape index (κ2) is 7.31. The lowest BCUT2D eigenvalue weighted by molar-refractivity contribution is 0.376. The summed E-state index contributed by atoms with van der Waals surface area (Å²) < 4.78 is 52.2. The molecule has 0 saturated carbocycles. The van der Waals surface area contributed by atoms with Crippen LogP contribution in [0.15, 0.2) is 23.1 Å². The van der Waals surface area contributed by atoms with E-state index in [0.717, 1.165) is 38.1 Å². The molecule has 1 aliphatic heterocycles. The van der Waals surface area contributed by atoms with Crippen LogP contribution in [-0.4, -0.2) is 28.1 Å². The Morgan fingerprint density at radius 1 is 1.25 bits per heavy atom. The van der Waals surface area contributed by atoms with Gasteiger partial charge in [-0.1, -0.05) is 0 Å². The maximum absolute atomic E-state index is 13.0. The van der Waals surface area contributed by atoms with Crippen molar-refractivity contribution in [2.45, 2.75) is 17.7 Å². The molecule has 0 amide bonds. The van der Waals surface area contributed by atoms with Crippen molar-refractivity contribution < 1.29 is 17.2 Å². The van der Waals surface area contributed by atoms with Crippen molar-refractivity contribution >= 4 is 22.4 Å². The van der Waals surface area contributed by atoms with Gasteiger partial charge in [0.2, 0.25) is 10.0 Å². The van der Waals surface area contributed by atoms with Crippen molar-refractivity contribution in [3.8, 4) is 0 Å². The first-order valence-corrected chi connectivity index (χ1v) is 7.62. The minimum absolute atomic E-state index is 0. The Morgan fingerprint density at radius 2 is 1.90 bits per heavy atom. The summed E-state index contributed by atoms with van der Waals surface area (Å²) in [5.41, 5.74) is 0. The van der Waals surface area contributed by atoms with Gasteiger partial charge >= 0.3 is 0 Å². The molecular formula is C12H17ClF2N2O2S. The molecule has 0 radical (unpaired) electrons. The highest BCUT2D eigenvalue weighted by Crippen LogP contribution is 2.15. The van der Waals surface area contributed by atoms with Crippen molar-refractivity contribution in [3.63, 3.8) is 0 Å². The summed E-state index contributed by atoms with van der Waals surface area (Å²) in [7, 11) is -3.86. The van der Waals surface area contributed by atoms with Gasteiger partial charge in [0, 0.05) is 12.6 Å². The third kappa shape index (κ3) is 4.66. The zero-order chi connectivity index (χ0) is 13.9. The first-order valence-electron chi connectivity index (χ1n) is 6.14. The number of benzene rings is 1. The van der Waals surface area contributed by atoms with E-state index in [1.807, 2.05) is 0 Å². The lowest BCUT2D eigenvalue weighted by atomic mass is 10.0. The van der Waals surface area contributed by atoms with Gasteiger partial charge in [-0.2, -0.15) is 0 Å². The average Bonchev–Trinajstić information content (AvgIpc) is 2.37. The molecule has 1 saturated heterocycles. The fourth-order valence-electron chi connectivity index (χ4n) is 2.09. The summed E-state index contributed by atoms with van der Waals surface area (Å²) in [6.45, 7) is 1.96. The summed E-state index contributed by atoms with van der Waals surface area (Å²) in [6.07, 6.45) is 1.94. The van der Waals surface area contributed by atoms with Crippen LogP contribution in [0.1, 0.15) is 12.8 Å². The molecule has 4 nitrogen and oxygen atoms in total. The molecule has 1 aliphatic rings. The summed E-state index contributed by atoms with van der Waals surface area (Å²) in [5.74, 6) is -1.60. The molecule has 2 rings (SSSR count). The first kappa shape index (κ1) is 17.3. The van der Waals surface area contributed by atoms with Crippen LogP contribution in [-0.2, 0) is 10.0 Å². The van der Waals surface area contributed by atoms with Crippen LogP contribution in [0.5, 0.6) is 0 Å². The summed E-state index contributed by atoms with van der Waals surface area (Å²) in [4.78, 5) is -0.381. The quantitative estimate of drug-likeness (QED) is 0.885. The molecular weight excluding hydrogens is 310 g/mol. The van der Waals surface area contributed by atoms with E-state index in [4.69, 9.17) is 0 Å². The van der Waals surface area contributed by atoms with E-state index in [0.29, 0.717) is 6.07 Å². The van der Waals surface area contributed by atoms with E-state index in [-0.39, 0.29) is 29.8 Å². The molecule has 0 aliphatic carbocycles. The number of nitrogens with one attached hydrogen (secondary N) is 2. The highest BCUT2D eigenvalue weighted by atomic mass is 35.5. The largest absolute Gasteiger partial charge is 0.316 e. The molecule has 1 heterocycles. The minimum atomic E-state index is -3.86. The van der Waals surface area contributed by atoms with Gasteiger partial charge in [-0.3, -0.25) is 0 Å². The van der Waals surface area contributed by atoms with Crippen molar-refractivity contribution in [2.75, 3.05) is 19.6 Å². The van der Waals surface area contributed by atoms with E-state index in [1.165, 1.54) is 0 Å². The van der Waals surface area contributed by atoms with Gasteiger partial charge in [0.25, 0.3) is 0 Å². The number of piperidine rings is 1. The normalized spacial score (nSPS) is 19.4. The number of hydrogen-bond donors (Lipinski definition) is 2. The van der Waals surface area contributed by atoms with Gasteiger partial charge in [0.1, 0.15) is 11.6 Å². The fourth-order valence-corrected chi connectivity index (χ4v) is 3.25. The number of halogens is 3. The van der Waals surface area contributed by atoms with Crippen LogP contribution in [0.2, 0.25) is 0 Å². The third-order valence-electron chi connectivity index (χ3n) is 3.11. The maximum atomic E-state index is 13.0. The summed E-state index contributed by atoms with van der Waals surface area (Å²) in [5, 5.41) is 3.17. The minimum Gasteiger partial charge on any atom is -0.316 e. The van der Waals surface area contributed by atoms with Gasteiger partial charge in [-0.15, -0.1) is 12.4 Å². The lowest BCUT2D eigenvalue weighted by Gasteiger charge is -2.22. The smallest absolute Gasteiger partial charge is 0.240 e. The Kier molecular flexibility index (Phi) is 6.32. The highest BCUT2D eigenvalue weighted by molar-refractivity contribution is 7.89. The van der Waals surface area contributed by atoms with Crippen LogP contribution >= 0.6 is 12.4 Å². The fraction of sp³-hybridized carbons (Fsp3) is 0.500. The van der Waals surface area contributed by atoms with E-state index in [9.17, 15) is 17.2 Å². The maximum Gasteiger partial charge on any atom is 0.240 e. The second-order valence-electron chi connectivity index (χ2n) is 4.67. The predicted octanol–water partition coefficient (Wildman–Crippen LogP) is 1.66. The summed E-state index contributed by atoms with van der Waals surface area (Å²) >= 11 is 0. The standard InChI is InChI=1S/C12H16F2N2O2S.ClH/c13-10-4-11(14)6-12(5-10)19(17,18)16-8-9-2-1-3-15-7-9;/h4-6,9,15-16H,1-3,7-8H2;1H. The molecule has 1 atom stereocenters. The van der Waals surface area contributed by atoms with Crippen LogP contribution in [0.4, 0.5) is 8.78 Å². The van der Waals surface area contributed by atoms with E-state index < -0.39 is 21.7 Å². The van der Waals surface area contributed by atoms with Gasteiger partial charge in [-0.05, 0) is 44.0 Å². The van der Waals surface area contributed by atoms with Gasteiger partial charge in [0.15, 0.2) is 0 Å².